The van der Waals surface area contributed by atoms with Gasteiger partial charge in [0, 0.05) is 31.1 Å². The van der Waals surface area contributed by atoms with Gasteiger partial charge in [0.15, 0.2) is 0 Å². The van der Waals surface area contributed by atoms with Crippen LogP contribution in [0.15, 0.2) is 42.5 Å². The van der Waals surface area contributed by atoms with Crippen LogP contribution in [0.2, 0.25) is 0 Å². The molecular weight excluding hydrogens is 610 g/mol. The highest BCUT2D eigenvalue weighted by Crippen LogP contribution is 2.18. The van der Waals surface area contributed by atoms with E-state index in [0.717, 1.165) is 5.56 Å². The Morgan fingerprint density at radius 1 is 0.957 bits per heavy atom. The van der Waals surface area contributed by atoms with Gasteiger partial charge in [0.2, 0.25) is 17.7 Å². The Morgan fingerprint density at radius 3 is 2.32 bits per heavy atom. The van der Waals surface area contributed by atoms with E-state index in [1.807, 2.05) is 32.0 Å². The minimum absolute atomic E-state index is 0.00215. The van der Waals surface area contributed by atoms with Crippen LogP contribution in [-0.4, -0.2) is 80.8 Å². The molecule has 260 valence electrons. The largest absolute Gasteiger partial charge is 0.463 e. The second-order valence-electron chi connectivity index (χ2n) is 11.6. The lowest BCUT2D eigenvalue weighted by molar-refractivity contribution is -0.137. The molecule has 1 fully saturated rings. The molecular formula is C33H49N5O9. The summed E-state index contributed by atoms with van der Waals surface area (Å²) in [7, 11) is 1.26. The van der Waals surface area contributed by atoms with E-state index in [1.165, 1.54) is 19.3 Å². The molecule has 2 rings (SSSR count). The first-order valence-electron chi connectivity index (χ1n) is 16.0. The van der Waals surface area contributed by atoms with Gasteiger partial charge in [-0.1, -0.05) is 50.3 Å². The van der Waals surface area contributed by atoms with Crippen molar-refractivity contribution in [1.29, 1.82) is 0 Å². The summed E-state index contributed by atoms with van der Waals surface area (Å²) >= 11 is 0. The number of benzene rings is 1. The number of carbonyl (C=O) groups excluding carboxylic acids is 6. The van der Waals surface area contributed by atoms with Crippen LogP contribution in [-0.2, 0) is 40.0 Å². The third-order valence-corrected chi connectivity index (χ3v) is 7.32. The molecule has 4 atom stereocenters. The van der Waals surface area contributed by atoms with E-state index in [2.05, 4.69) is 31.3 Å². The van der Waals surface area contributed by atoms with Crippen LogP contribution in [0.25, 0.3) is 0 Å². The summed E-state index contributed by atoms with van der Waals surface area (Å²) in [6.45, 7) is 6.50. The van der Waals surface area contributed by atoms with E-state index >= 15 is 0 Å². The average molecular weight is 660 g/mol. The van der Waals surface area contributed by atoms with E-state index in [1.54, 1.807) is 19.1 Å². The van der Waals surface area contributed by atoms with Crippen molar-refractivity contribution in [2.75, 3.05) is 26.8 Å². The lowest BCUT2D eigenvalue weighted by Crippen LogP contribution is -2.55. The highest BCUT2D eigenvalue weighted by Gasteiger charge is 2.31. The first kappa shape index (κ1) is 38.6. The van der Waals surface area contributed by atoms with Crippen LogP contribution in [0.3, 0.4) is 0 Å². The van der Waals surface area contributed by atoms with Crippen molar-refractivity contribution >= 4 is 35.9 Å². The average Bonchev–Trinajstić information content (AvgIpc) is 3.45. The van der Waals surface area contributed by atoms with Crippen molar-refractivity contribution in [2.24, 2.45) is 11.8 Å². The summed E-state index contributed by atoms with van der Waals surface area (Å²) in [4.78, 5) is 75.5. The molecule has 5 N–H and O–H groups in total. The van der Waals surface area contributed by atoms with Crippen molar-refractivity contribution in [2.45, 2.75) is 84.0 Å². The van der Waals surface area contributed by atoms with Gasteiger partial charge in [0.25, 0.3) is 0 Å². The van der Waals surface area contributed by atoms with Gasteiger partial charge in [-0.15, -0.1) is 0 Å². The van der Waals surface area contributed by atoms with Gasteiger partial charge in [-0.05, 0) is 56.9 Å². The molecule has 1 heterocycles. The van der Waals surface area contributed by atoms with E-state index in [9.17, 15) is 28.8 Å². The summed E-state index contributed by atoms with van der Waals surface area (Å²) in [5, 5.41) is 13.6. The number of hydrogen-bond acceptors (Lipinski definition) is 9. The molecule has 0 radical (unpaired) electrons. The zero-order valence-electron chi connectivity index (χ0n) is 27.7. The molecule has 1 aliphatic heterocycles. The molecule has 5 amide bonds. The number of alkyl carbamates (subject to hydrolysis) is 2. The number of nitrogens with one attached hydrogen (secondary N) is 5. The monoisotopic (exact) mass is 659 g/mol. The standard InChI is InChI=1S/C33H49N5O9/c1-5-46-28(39)15-14-25(20-24-16-18-34-29(24)40)36-31(42)27(19-22(2)3)37-30(41)26(13-9-10-17-35-32(43)45-4)38-33(44)47-21-23-11-7-6-8-12-23/h6-8,11-12,14-15,22,24-27H,5,9-10,13,16-21H2,1-4H3,(H,34,40)(H,35,43)(H,36,42)(H,37,41)(H,38,44)/t24?,25-,26-,27+/m1/s1. The summed E-state index contributed by atoms with van der Waals surface area (Å²) < 4.78 is 14.9. The fraction of sp³-hybridized carbons (Fsp3) is 0.576. The van der Waals surface area contributed by atoms with Crippen molar-refractivity contribution in [3.05, 3.63) is 48.0 Å². The second kappa shape index (κ2) is 21.2. The normalized spacial score (nSPS) is 16.0. The van der Waals surface area contributed by atoms with Gasteiger partial charge in [-0.25, -0.2) is 14.4 Å². The minimum atomic E-state index is -1.04. The van der Waals surface area contributed by atoms with Crippen molar-refractivity contribution < 1.29 is 43.0 Å². The molecule has 47 heavy (non-hydrogen) atoms. The number of esters is 1. The van der Waals surface area contributed by atoms with Crippen LogP contribution in [0.4, 0.5) is 9.59 Å². The molecule has 0 aromatic heterocycles. The van der Waals surface area contributed by atoms with Crippen molar-refractivity contribution in [1.82, 2.24) is 26.6 Å². The van der Waals surface area contributed by atoms with E-state index in [0.29, 0.717) is 32.4 Å². The van der Waals surface area contributed by atoms with E-state index in [-0.39, 0.29) is 50.2 Å². The van der Waals surface area contributed by atoms with E-state index < -0.39 is 48.1 Å². The molecule has 1 unspecified atom stereocenters. The molecule has 0 bridgehead atoms. The second-order valence-corrected chi connectivity index (χ2v) is 11.6. The Labute approximate surface area is 276 Å². The maximum absolute atomic E-state index is 13.6. The molecule has 0 saturated carbocycles. The van der Waals surface area contributed by atoms with Crippen LogP contribution in [0, 0.1) is 11.8 Å². The van der Waals surface area contributed by atoms with E-state index in [4.69, 9.17) is 9.47 Å². The predicted octanol–water partition coefficient (Wildman–Crippen LogP) is 2.47. The summed E-state index contributed by atoms with van der Waals surface area (Å²) in [6.07, 6.45) is 3.61. The number of ether oxygens (including phenoxy) is 3. The Balaban J connectivity index is 2.15. The van der Waals surface area contributed by atoms with Gasteiger partial charge in [-0.2, -0.15) is 0 Å². The third kappa shape index (κ3) is 15.5. The summed E-state index contributed by atoms with van der Waals surface area (Å²) in [6, 6.07) is 6.36. The van der Waals surface area contributed by atoms with Gasteiger partial charge in [0.1, 0.15) is 18.7 Å². The lowest BCUT2D eigenvalue weighted by atomic mass is 9.96. The molecule has 1 aromatic carbocycles. The van der Waals surface area contributed by atoms with Gasteiger partial charge >= 0.3 is 18.2 Å². The smallest absolute Gasteiger partial charge is 0.408 e. The van der Waals surface area contributed by atoms with Crippen LogP contribution in [0.1, 0.15) is 64.9 Å². The molecule has 14 heteroatoms. The Bertz CT molecular complexity index is 1210. The fourth-order valence-electron chi connectivity index (χ4n) is 4.92. The maximum Gasteiger partial charge on any atom is 0.408 e. The first-order chi connectivity index (χ1) is 22.5. The molecule has 0 aliphatic carbocycles. The lowest BCUT2D eigenvalue weighted by Gasteiger charge is -2.26. The highest BCUT2D eigenvalue weighted by molar-refractivity contribution is 5.91. The zero-order valence-corrected chi connectivity index (χ0v) is 27.7. The van der Waals surface area contributed by atoms with Crippen molar-refractivity contribution in [3.63, 3.8) is 0 Å². The molecule has 1 aliphatic rings. The molecule has 1 aromatic rings. The molecule has 0 spiro atoms. The highest BCUT2D eigenvalue weighted by atomic mass is 16.5. The Morgan fingerprint density at radius 2 is 1.68 bits per heavy atom. The van der Waals surface area contributed by atoms with Gasteiger partial charge in [-0.3, -0.25) is 14.4 Å². The number of carbonyl (C=O) groups is 6. The van der Waals surface area contributed by atoms with Gasteiger partial charge < -0.3 is 40.8 Å². The Kier molecular flexibility index (Phi) is 17.4. The topological polar surface area (TPSA) is 190 Å². The Hall–Kier alpha value is -4.62. The quantitative estimate of drug-likeness (QED) is 0.0643. The fourth-order valence-corrected chi connectivity index (χ4v) is 4.92. The first-order valence-corrected chi connectivity index (χ1v) is 16.0. The van der Waals surface area contributed by atoms with Crippen molar-refractivity contribution in [3.8, 4) is 0 Å². The van der Waals surface area contributed by atoms with Gasteiger partial charge in [0.05, 0.1) is 13.7 Å². The summed E-state index contributed by atoms with van der Waals surface area (Å²) in [5.74, 6) is -2.14. The maximum atomic E-state index is 13.6. The zero-order chi connectivity index (χ0) is 34.6. The van der Waals surface area contributed by atoms with Crippen LogP contribution in [0.5, 0.6) is 0 Å². The van der Waals surface area contributed by atoms with Crippen LogP contribution < -0.4 is 26.6 Å². The number of hydrogen-bond donors (Lipinski definition) is 5. The SMILES string of the molecule is CCOC(=O)C=C[C@H](CC1CCNC1=O)NC(=O)[C@H](CC(C)C)NC(=O)[C@@H](CCCCNC(=O)OC)NC(=O)OCc1ccccc1. The summed E-state index contributed by atoms with van der Waals surface area (Å²) in [5.41, 5.74) is 0.771. The number of unbranched alkanes of at least 4 members (excludes halogenated alkanes) is 1. The third-order valence-electron chi connectivity index (χ3n) is 7.32. The molecule has 1 saturated heterocycles. The number of methoxy groups -OCH3 is 1. The van der Waals surface area contributed by atoms with Crippen LogP contribution >= 0.6 is 0 Å². The molecule has 14 nitrogen and oxygen atoms in total. The predicted molar refractivity (Wildman–Crippen MR) is 173 cm³/mol. The minimum Gasteiger partial charge on any atom is -0.463 e. The number of amides is 5. The number of rotatable bonds is 19.